The highest BCUT2D eigenvalue weighted by molar-refractivity contribution is 6.42. The fourth-order valence-electron chi connectivity index (χ4n) is 0.992. The molecule has 1 rings (SSSR count). The van der Waals surface area contributed by atoms with Crippen LogP contribution >= 0.6 is 23.2 Å². The number of methoxy groups -OCH3 is 1. The summed E-state index contributed by atoms with van der Waals surface area (Å²) in [6.07, 6.45) is 0.316. The molecule has 0 unspecified atom stereocenters. The van der Waals surface area contributed by atoms with Gasteiger partial charge in [-0.3, -0.25) is 4.79 Å². The van der Waals surface area contributed by atoms with Gasteiger partial charge < -0.3 is 10.1 Å². The van der Waals surface area contributed by atoms with Crippen molar-refractivity contribution in [2.45, 2.75) is 6.42 Å². The molecule has 1 aromatic carbocycles. The smallest absolute Gasteiger partial charge is 0.226 e. The number of carbonyl (C=O) groups is 1. The normalized spacial score (nSPS) is 10.1. The van der Waals surface area contributed by atoms with E-state index in [1.807, 2.05) is 0 Å². The zero-order chi connectivity index (χ0) is 11.3. The molecule has 0 saturated heterocycles. The molecule has 1 N–H and O–H groups in total. The molecule has 0 saturated carbocycles. The molecule has 1 amide bonds. The first-order valence-corrected chi connectivity index (χ1v) is 5.13. The molecule has 0 radical (unpaired) electrons. The van der Waals surface area contributed by atoms with Gasteiger partial charge in [-0.25, -0.2) is 0 Å². The molecule has 5 heteroatoms. The van der Waals surface area contributed by atoms with Gasteiger partial charge in [0.1, 0.15) is 0 Å². The molecule has 0 aliphatic rings. The van der Waals surface area contributed by atoms with Crippen molar-refractivity contribution in [2.75, 3.05) is 19.0 Å². The lowest BCUT2D eigenvalue weighted by molar-refractivity contribution is -0.117. The van der Waals surface area contributed by atoms with E-state index in [0.29, 0.717) is 28.8 Å². The van der Waals surface area contributed by atoms with Gasteiger partial charge in [0, 0.05) is 12.8 Å². The maximum Gasteiger partial charge on any atom is 0.226 e. The van der Waals surface area contributed by atoms with Crippen LogP contribution in [0.1, 0.15) is 6.42 Å². The summed E-state index contributed by atoms with van der Waals surface area (Å²) < 4.78 is 4.79. The van der Waals surface area contributed by atoms with Crippen LogP contribution in [0.3, 0.4) is 0 Å². The van der Waals surface area contributed by atoms with Crippen molar-refractivity contribution in [3.63, 3.8) is 0 Å². The molecule has 82 valence electrons. The molecular formula is C10H11Cl2NO2. The minimum absolute atomic E-state index is 0.116. The Morgan fingerprint density at radius 3 is 2.73 bits per heavy atom. The Balaban J connectivity index is 2.57. The van der Waals surface area contributed by atoms with E-state index in [1.54, 1.807) is 25.3 Å². The number of carbonyl (C=O) groups excluding carboxylic acids is 1. The topological polar surface area (TPSA) is 38.3 Å². The predicted octanol–water partition coefficient (Wildman–Crippen LogP) is 2.97. The number of anilines is 1. The summed E-state index contributed by atoms with van der Waals surface area (Å²) in [6.45, 7) is 0.396. The number of hydrogen-bond donors (Lipinski definition) is 1. The van der Waals surface area contributed by atoms with E-state index in [-0.39, 0.29) is 5.91 Å². The number of nitrogens with one attached hydrogen (secondary N) is 1. The third-order valence-electron chi connectivity index (χ3n) is 1.74. The van der Waals surface area contributed by atoms with Gasteiger partial charge in [0.15, 0.2) is 0 Å². The van der Waals surface area contributed by atoms with Crippen molar-refractivity contribution in [1.29, 1.82) is 0 Å². The molecular weight excluding hydrogens is 237 g/mol. The number of halogens is 2. The van der Waals surface area contributed by atoms with Crippen molar-refractivity contribution in [3.8, 4) is 0 Å². The monoisotopic (exact) mass is 247 g/mol. The molecule has 0 spiro atoms. The third kappa shape index (κ3) is 4.08. The Morgan fingerprint density at radius 2 is 2.13 bits per heavy atom. The Morgan fingerprint density at radius 1 is 1.40 bits per heavy atom. The van der Waals surface area contributed by atoms with E-state index in [2.05, 4.69) is 5.32 Å². The highest BCUT2D eigenvalue weighted by Gasteiger charge is 2.03. The number of hydrogen-bond acceptors (Lipinski definition) is 2. The summed E-state index contributed by atoms with van der Waals surface area (Å²) in [7, 11) is 1.55. The van der Waals surface area contributed by atoms with Crippen LogP contribution in [-0.4, -0.2) is 19.6 Å². The molecule has 0 fully saturated rings. The van der Waals surface area contributed by atoms with E-state index in [9.17, 15) is 4.79 Å². The number of rotatable bonds is 4. The molecule has 0 atom stereocenters. The van der Waals surface area contributed by atoms with Gasteiger partial charge in [-0.15, -0.1) is 0 Å². The lowest BCUT2D eigenvalue weighted by Crippen LogP contribution is -2.13. The van der Waals surface area contributed by atoms with Crippen LogP contribution in [-0.2, 0) is 9.53 Å². The SMILES string of the molecule is COCCC(=O)Nc1ccc(Cl)c(Cl)c1. The van der Waals surface area contributed by atoms with E-state index < -0.39 is 0 Å². The molecule has 3 nitrogen and oxygen atoms in total. The van der Waals surface area contributed by atoms with Crippen molar-refractivity contribution in [3.05, 3.63) is 28.2 Å². The van der Waals surface area contributed by atoms with Crippen LogP contribution in [0.4, 0.5) is 5.69 Å². The summed E-state index contributed by atoms with van der Waals surface area (Å²) >= 11 is 11.5. The summed E-state index contributed by atoms with van der Waals surface area (Å²) in [5.41, 5.74) is 0.630. The second-order valence-corrected chi connectivity index (χ2v) is 3.73. The Kier molecular flexibility index (Phi) is 4.88. The molecule has 0 heterocycles. The molecule has 0 aliphatic heterocycles. The Labute approximate surface area is 98.3 Å². The zero-order valence-electron chi connectivity index (χ0n) is 8.22. The molecule has 0 bridgehead atoms. The predicted molar refractivity (Wildman–Crippen MR) is 61.6 cm³/mol. The van der Waals surface area contributed by atoms with E-state index in [0.717, 1.165) is 0 Å². The van der Waals surface area contributed by atoms with E-state index in [1.165, 1.54) is 0 Å². The molecule has 0 aliphatic carbocycles. The van der Waals surface area contributed by atoms with Crippen LogP contribution in [0.15, 0.2) is 18.2 Å². The fourth-order valence-corrected chi connectivity index (χ4v) is 1.29. The van der Waals surface area contributed by atoms with Gasteiger partial charge in [-0.05, 0) is 18.2 Å². The standard InChI is InChI=1S/C10H11Cl2NO2/c1-15-5-4-10(14)13-7-2-3-8(11)9(12)6-7/h2-3,6H,4-5H2,1H3,(H,13,14). The minimum atomic E-state index is -0.116. The average Bonchev–Trinajstić information content (AvgIpc) is 2.20. The van der Waals surface area contributed by atoms with Gasteiger partial charge in [-0.1, -0.05) is 23.2 Å². The van der Waals surface area contributed by atoms with Crippen LogP contribution in [0.5, 0.6) is 0 Å². The highest BCUT2D eigenvalue weighted by Crippen LogP contribution is 2.24. The largest absolute Gasteiger partial charge is 0.384 e. The summed E-state index contributed by atoms with van der Waals surface area (Å²) in [5, 5.41) is 3.56. The lowest BCUT2D eigenvalue weighted by Gasteiger charge is -2.05. The van der Waals surface area contributed by atoms with Gasteiger partial charge in [-0.2, -0.15) is 0 Å². The van der Waals surface area contributed by atoms with Gasteiger partial charge in [0.2, 0.25) is 5.91 Å². The lowest BCUT2D eigenvalue weighted by atomic mass is 10.3. The van der Waals surface area contributed by atoms with Crippen molar-refractivity contribution in [1.82, 2.24) is 0 Å². The van der Waals surface area contributed by atoms with Gasteiger partial charge >= 0.3 is 0 Å². The van der Waals surface area contributed by atoms with Gasteiger partial charge in [0.25, 0.3) is 0 Å². The van der Waals surface area contributed by atoms with E-state index >= 15 is 0 Å². The summed E-state index contributed by atoms with van der Waals surface area (Å²) in [4.78, 5) is 11.3. The van der Waals surface area contributed by atoms with Crippen LogP contribution < -0.4 is 5.32 Å². The minimum Gasteiger partial charge on any atom is -0.384 e. The van der Waals surface area contributed by atoms with E-state index in [4.69, 9.17) is 27.9 Å². The van der Waals surface area contributed by atoms with Crippen molar-refractivity contribution < 1.29 is 9.53 Å². The summed E-state index contributed by atoms with van der Waals surface area (Å²) in [6, 6.07) is 4.93. The first-order chi connectivity index (χ1) is 7.13. The Bertz CT molecular complexity index is 355. The van der Waals surface area contributed by atoms with Gasteiger partial charge in [0.05, 0.1) is 23.1 Å². The second kappa shape index (κ2) is 5.95. The van der Waals surface area contributed by atoms with Crippen LogP contribution in [0.2, 0.25) is 10.0 Å². The fraction of sp³-hybridized carbons (Fsp3) is 0.300. The summed E-state index contributed by atoms with van der Waals surface area (Å²) in [5.74, 6) is -0.116. The first kappa shape index (κ1) is 12.3. The molecule has 1 aromatic rings. The maximum atomic E-state index is 11.3. The number of amides is 1. The molecule has 0 aromatic heterocycles. The zero-order valence-corrected chi connectivity index (χ0v) is 9.73. The first-order valence-electron chi connectivity index (χ1n) is 4.37. The average molecular weight is 248 g/mol. The maximum absolute atomic E-state index is 11.3. The Hall–Kier alpha value is -0.770. The highest BCUT2D eigenvalue weighted by atomic mass is 35.5. The third-order valence-corrected chi connectivity index (χ3v) is 2.48. The van der Waals surface area contributed by atoms with Crippen LogP contribution in [0.25, 0.3) is 0 Å². The quantitative estimate of drug-likeness (QED) is 0.889. The molecule has 15 heavy (non-hydrogen) atoms. The number of ether oxygens (including phenoxy) is 1. The van der Waals surface area contributed by atoms with Crippen molar-refractivity contribution in [2.24, 2.45) is 0 Å². The van der Waals surface area contributed by atoms with Crippen molar-refractivity contribution >= 4 is 34.8 Å². The number of benzene rings is 1. The second-order valence-electron chi connectivity index (χ2n) is 2.92. The van der Waals surface area contributed by atoms with Crippen LogP contribution in [0, 0.1) is 0 Å².